The predicted octanol–water partition coefficient (Wildman–Crippen LogP) is 3.60. The van der Waals surface area contributed by atoms with Gasteiger partial charge in [-0.05, 0) is 42.5 Å². The second kappa shape index (κ2) is 7.72. The molecule has 0 unspecified atom stereocenters. The summed E-state index contributed by atoms with van der Waals surface area (Å²) in [7, 11) is -3.48. The minimum atomic E-state index is -3.75. The number of halogens is 2. The van der Waals surface area contributed by atoms with E-state index >= 15 is 8.78 Å². The molecule has 0 atom stereocenters. The summed E-state index contributed by atoms with van der Waals surface area (Å²) in [6.07, 6.45) is 2.61. The molecule has 7 nitrogen and oxygen atoms in total. The monoisotopic (exact) mass is 453 g/mol. The lowest BCUT2D eigenvalue weighted by molar-refractivity contribution is 0.0697. The van der Waals surface area contributed by atoms with E-state index in [1.807, 2.05) is 0 Å². The molecule has 0 aliphatic carbocycles. The molecule has 2 N–H and O–H groups in total. The van der Waals surface area contributed by atoms with Gasteiger partial charge in [-0.3, -0.25) is 15.8 Å². The minimum Gasteiger partial charge on any atom is -0.283 e. The molecule has 0 spiro atoms. The average molecular weight is 453 g/mol. The van der Waals surface area contributed by atoms with Crippen molar-refractivity contribution in [3.05, 3.63) is 84.0 Å². The lowest BCUT2D eigenvalue weighted by Gasteiger charge is -2.19. The van der Waals surface area contributed by atoms with Crippen molar-refractivity contribution in [2.75, 3.05) is 6.26 Å². The zero-order valence-corrected chi connectivity index (χ0v) is 17.6. The Bertz CT molecular complexity index is 1530. The fourth-order valence-electron chi connectivity index (χ4n) is 3.17. The Morgan fingerprint density at radius 3 is 2.56 bits per heavy atom. The van der Waals surface area contributed by atoms with Crippen LogP contribution in [-0.2, 0) is 15.8 Å². The largest absolute Gasteiger partial charge is 0.331 e. The lowest BCUT2D eigenvalue weighted by Crippen LogP contribution is -2.39. The van der Waals surface area contributed by atoms with Gasteiger partial charge in [0.15, 0.2) is 15.7 Å². The van der Waals surface area contributed by atoms with E-state index in [1.165, 1.54) is 48.5 Å². The van der Waals surface area contributed by atoms with Gasteiger partial charge in [-0.2, -0.15) is 18.6 Å². The first-order valence-corrected chi connectivity index (χ1v) is 11.2. The van der Waals surface area contributed by atoms with Gasteiger partial charge in [0.1, 0.15) is 5.49 Å². The molecule has 162 valence electrons. The number of benzene rings is 2. The molecule has 0 bridgehead atoms. The molecule has 4 aromatic rings. The van der Waals surface area contributed by atoms with E-state index in [1.54, 1.807) is 24.4 Å². The molecule has 2 aromatic heterocycles. The third-order valence-corrected chi connectivity index (χ3v) is 5.98. The lowest BCUT2D eigenvalue weighted by atomic mass is 10.0. The molecule has 0 saturated heterocycles. The number of hydrogen-bond acceptors (Lipinski definition) is 6. The highest BCUT2D eigenvalue weighted by molar-refractivity contribution is 7.90. The van der Waals surface area contributed by atoms with Crippen LogP contribution >= 0.6 is 0 Å². The van der Waals surface area contributed by atoms with Gasteiger partial charge in [0.05, 0.1) is 16.1 Å². The van der Waals surface area contributed by atoms with Crippen molar-refractivity contribution in [3.63, 3.8) is 0 Å². The van der Waals surface area contributed by atoms with E-state index < -0.39 is 32.6 Å². The van der Waals surface area contributed by atoms with Crippen LogP contribution in [0.1, 0.15) is 5.56 Å². The van der Waals surface area contributed by atoms with Crippen LogP contribution in [0.25, 0.3) is 22.2 Å². The first-order chi connectivity index (χ1) is 15.1. The van der Waals surface area contributed by atoms with Crippen molar-refractivity contribution in [1.29, 1.82) is 10.8 Å². The Morgan fingerprint density at radius 1 is 1.03 bits per heavy atom. The standard InChI is InChI=1S/C22H17F2N5O2S/c1-32(30,31)17-6-2-4-15(13-17)19-9-10-20(25)29(28-19)21(26)22(23,24)16-7-8-18-14(12-16)5-3-11-27-18/h2-13,25-26H,1H3. The third-order valence-electron chi connectivity index (χ3n) is 4.87. The second-order valence-corrected chi connectivity index (χ2v) is 9.17. The van der Waals surface area contributed by atoms with E-state index in [9.17, 15) is 8.42 Å². The van der Waals surface area contributed by atoms with Crippen molar-refractivity contribution in [2.45, 2.75) is 10.8 Å². The molecule has 0 saturated carbocycles. The first-order valence-electron chi connectivity index (χ1n) is 9.35. The maximum atomic E-state index is 15.2. The van der Waals surface area contributed by atoms with E-state index in [2.05, 4.69) is 10.1 Å². The Hall–Kier alpha value is -3.79. The topological polar surface area (TPSA) is 113 Å². The second-order valence-electron chi connectivity index (χ2n) is 7.15. The fraction of sp³-hybridized carbons (Fsp3) is 0.0909. The number of fused-ring (bicyclic) bond motifs is 1. The molecule has 10 heteroatoms. The maximum Gasteiger partial charge on any atom is 0.331 e. The molecule has 0 radical (unpaired) electrons. The molecule has 2 aromatic carbocycles. The first kappa shape index (κ1) is 21.4. The molecule has 32 heavy (non-hydrogen) atoms. The van der Waals surface area contributed by atoms with Crippen molar-refractivity contribution in [1.82, 2.24) is 14.8 Å². The highest BCUT2D eigenvalue weighted by Crippen LogP contribution is 2.31. The van der Waals surface area contributed by atoms with Gasteiger partial charge in [-0.25, -0.2) is 8.42 Å². The Balaban J connectivity index is 1.77. The number of sulfone groups is 1. The minimum absolute atomic E-state index is 0.0449. The summed E-state index contributed by atoms with van der Waals surface area (Å²) in [6.45, 7) is 0. The molecule has 0 amide bonds. The molecular formula is C22H17F2N5O2S. The summed E-state index contributed by atoms with van der Waals surface area (Å²) in [5, 5.41) is 20.7. The van der Waals surface area contributed by atoms with Crippen molar-refractivity contribution >= 4 is 26.6 Å². The summed E-state index contributed by atoms with van der Waals surface area (Å²) in [5.41, 5.74) is 0.198. The molecular weight excluding hydrogens is 436 g/mol. The van der Waals surface area contributed by atoms with Crippen LogP contribution in [0.5, 0.6) is 0 Å². The highest BCUT2D eigenvalue weighted by atomic mass is 32.2. The number of pyridine rings is 1. The SMILES string of the molecule is CS(=O)(=O)c1cccc(-c2ccc(=N)n(C(=N)C(F)(F)c3ccc4ncccc4c3)n2)c1. The van der Waals surface area contributed by atoms with Crippen molar-refractivity contribution in [2.24, 2.45) is 0 Å². The molecule has 0 aliphatic rings. The van der Waals surface area contributed by atoms with E-state index in [0.717, 1.165) is 6.26 Å². The van der Waals surface area contributed by atoms with Gasteiger partial charge >= 0.3 is 5.92 Å². The number of rotatable bonds is 4. The third kappa shape index (κ3) is 3.92. The van der Waals surface area contributed by atoms with Crippen LogP contribution in [0.15, 0.2) is 77.8 Å². The molecule has 2 heterocycles. The summed E-state index contributed by atoms with van der Waals surface area (Å²) in [5.74, 6) is -4.95. The van der Waals surface area contributed by atoms with Gasteiger partial charge in [0, 0.05) is 29.0 Å². The van der Waals surface area contributed by atoms with Gasteiger partial charge in [-0.15, -0.1) is 0 Å². The Labute approximate surface area is 181 Å². The van der Waals surface area contributed by atoms with Gasteiger partial charge < -0.3 is 0 Å². The average Bonchev–Trinajstić information content (AvgIpc) is 2.78. The van der Waals surface area contributed by atoms with E-state index in [-0.39, 0.29) is 10.6 Å². The number of aromatic nitrogens is 3. The van der Waals surface area contributed by atoms with Crippen LogP contribution in [0, 0.1) is 10.8 Å². The molecule has 0 aliphatic heterocycles. The molecule has 4 rings (SSSR count). The van der Waals surface area contributed by atoms with Gasteiger partial charge in [0.25, 0.3) is 0 Å². The summed E-state index contributed by atoms with van der Waals surface area (Å²) in [6, 6.07) is 15.6. The van der Waals surface area contributed by atoms with Crippen molar-refractivity contribution in [3.8, 4) is 11.3 Å². The zero-order valence-electron chi connectivity index (χ0n) is 16.8. The van der Waals surface area contributed by atoms with Crippen LogP contribution in [0.3, 0.4) is 0 Å². The highest BCUT2D eigenvalue weighted by Gasteiger charge is 2.39. The molecule has 0 fully saturated rings. The number of alkyl halides is 2. The summed E-state index contributed by atoms with van der Waals surface area (Å²) in [4.78, 5) is 4.15. The van der Waals surface area contributed by atoms with Crippen molar-refractivity contribution < 1.29 is 17.2 Å². The maximum absolute atomic E-state index is 15.2. The number of nitrogens with one attached hydrogen (secondary N) is 2. The number of hydrogen-bond donors (Lipinski definition) is 2. The van der Waals surface area contributed by atoms with Gasteiger partial charge in [0.2, 0.25) is 0 Å². The fourth-order valence-corrected chi connectivity index (χ4v) is 3.84. The van der Waals surface area contributed by atoms with E-state index in [0.29, 0.717) is 21.1 Å². The predicted molar refractivity (Wildman–Crippen MR) is 115 cm³/mol. The number of nitrogens with zero attached hydrogens (tertiary/aromatic N) is 3. The van der Waals surface area contributed by atoms with E-state index in [4.69, 9.17) is 10.8 Å². The van der Waals surface area contributed by atoms with Gasteiger partial charge in [-0.1, -0.05) is 24.3 Å². The van der Waals surface area contributed by atoms with Crippen LogP contribution in [-0.4, -0.2) is 35.3 Å². The zero-order chi connectivity index (χ0) is 23.1. The normalized spacial score (nSPS) is 12.1. The smallest absolute Gasteiger partial charge is 0.283 e. The Morgan fingerprint density at radius 2 is 1.81 bits per heavy atom. The van der Waals surface area contributed by atoms with Crippen LogP contribution in [0.2, 0.25) is 0 Å². The quantitative estimate of drug-likeness (QED) is 0.363. The summed E-state index contributed by atoms with van der Waals surface area (Å²) >= 11 is 0. The summed E-state index contributed by atoms with van der Waals surface area (Å²) < 4.78 is 54.7. The van der Waals surface area contributed by atoms with Crippen LogP contribution < -0.4 is 5.49 Å². The Kier molecular flexibility index (Phi) is 5.17. The van der Waals surface area contributed by atoms with Crippen LogP contribution in [0.4, 0.5) is 8.78 Å².